The Balaban J connectivity index is 2.04. The number of nitrogens with zero attached hydrogens (tertiary/aromatic N) is 3. The molecule has 30 heavy (non-hydrogen) atoms. The Hall–Kier alpha value is -3.52. The number of aryl methyl sites for hydroxylation is 1. The highest BCUT2D eigenvalue weighted by Gasteiger charge is 2.19. The largest absolute Gasteiger partial charge is 0.468 e. The van der Waals surface area contributed by atoms with E-state index in [1.54, 1.807) is 29.2 Å². The Morgan fingerprint density at radius 2 is 1.77 bits per heavy atom. The summed E-state index contributed by atoms with van der Waals surface area (Å²) in [5.41, 5.74) is 1.90. The zero-order chi connectivity index (χ0) is 21.7. The number of methoxy groups -OCH3 is 1. The van der Waals surface area contributed by atoms with Gasteiger partial charge in [0.15, 0.2) is 5.69 Å². The minimum atomic E-state index is -0.427. The van der Waals surface area contributed by atoms with Crippen LogP contribution in [0.15, 0.2) is 53.3 Å². The van der Waals surface area contributed by atoms with Gasteiger partial charge in [-0.25, -0.2) is 4.68 Å². The van der Waals surface area contributed by atoms with Crippen LogP contribution < -0.4 is 10.9 Å². The van der Waals surface area contributed by atoms with Gasteiger partial charge in [0.2, 0.25) is 0 Å². The third kappa shape index (κ3) is 4.55. The van der Waals surface area contributed by atoms with Crippen molar-refractivity contribution < 1.29 is 14.3 Å². The third-order valence-electron chi connectivity index (χ3n) is 4.88. The first-order chi connectivity index (χ1) is 14.4. The summed E-state index contributed by atoms with van der Waals surface area (Å²) in [6.07, 6.45) is 0. The molecule has 8 heteroatoms. The number of ether oxygens (including phenoxy) is 1. The second-order valence-corrected chi connectivity index (χ2v) is 6.91. The van der Waals surface area contributed by atoms with E-state index in [0.29, 0.717) is 17.3 Å². The van der Waals surface area contributed by atoms with Gasteiger partial charge in [-0.3, -0.25) is 19.3 Å². The van der Waals surface area contributed by atoms with Crippen LogP contribution in [0.1, 0.15) is 21.6 Å². The number of fused-ring (bicyclic) bond motifs is 1. The lowest BCUT2D eigenvalue weighted by Crippen LogP contribution is -2.38. The normalized spacial score (nSPS) is 10.9. The Bertz CT molecular complexity index is 1140. The molecule has 1 heterocycles. The molecule has 1 aromatic heterocycles. The van der Waals surface area contributed by atoms with Gasteiger partial charge < -0.3 is 10.1 Å². The van der Waals surface area contributed by atoms with E-state index in [9.17, 15) is 14.4 Å². The predicted molar refractivity (Wildman–Crippen MR) is 113 cm³/mol. The van der Waals surface area contributed by atoms with Crippen LogP contribution in [0.4, 0.5) is 0 Å². The number of nitrogens with one attached hydrogen (secondary N) is 1. The summed E-state index contributed by atoms with van der Waals surface area (Å²) in [7, 11) is 2.83. The summed E-state index contributed by atoms with van der Waals surface area (Å²) in [5, 5.41) is 7.74. The number of rotatable bonds is 7. The molecule has 2 aromatic carbocycles. The van der Waals surface area contributed by atoms with Crippen LogP contribution in [0, 0.1) is 6.92 Å². The van der Waals surface area contributed by atoms with Gasteiger partial charge in [-0.05, 0) is 24.1 Å². The van der Waals surface area contributed by atoms with Crippen LogP contribution in [-0.2, 0) is 22.7 Å². The minimum Gasteiger partial charge on any atom is -0.468 e. The van der Waals surface area contributed by atoms with Gasteiger partial charge >= 0.3 is 5.97 Å². The van der Waals surface area contributed by atoms with Crippen LogP contribution in [0.3, 0.4) is 0 Å². The standard InChI is InChI=1S/C22H24N4O4/c1-15-8-4-5-9-16(15)12-25(13-19(27)30-3)14-26-22(29)18-11-7-6-10-17(18)20(24-26)21(28)23-2/h4-11H,12-14H2,1-3H3,(H,23,28). The second-order valence-electron chi connectivity index (χ2n) is 6.91. The number of esters is 1. The van der Waals surface area contributed by atoms with E-state index in [1.807, 2.05) is 31.2 Å². The molecule has 1 amide bonds. The first kappa shape index (κ1) is 21.2. The van der Waals surface area contributed by atoms with E-state index in [2.05, 4.69) is 10.4 Å². The van der Waals surface area contributed by atoms with E-state index >= 15 is 0 Å². The summed E-state index contributed by atoms with van der Waals surface area (Å²) in [6.45, 7) is 2.39. The van der Waals surface area contributed by atoms with Crippen molar-refractivity contribution >= 4 is 22.6 Å². The maximum atomic E-state index is 13.0. The molecule has 0 atom stereocenters. The summed E-state index contributed by atoms with van der Waals surface area (Å²) in [4.78, 5) is 39.1. The molecule has 0 spiro atoms. The topological polar surface area (TPSA) is 93.5 Å². The Morgan fingerprint density at radius 3 is 2.43 bits per heavy atom. The lowest BCUT2D eigenvalue weighted by molar-refractivity contribution is -0.142. The molecule has 8 nitrogen and oxygen atoms in total. The number of hydrogen-bond acceptors (Lipinski definition) is 6. The van der Waals surface area contributed by atoms with Crippen molar-refractivity contribution in [3.63, 3.8) is 0 Å². The minimum absolute atomic E-state index is 0.0249. The highest BCUT2D eigenvalue weighted by atomic mass is 16.5. The monoisotopic (exact) mass is 408 g/mol. The molecule has 0 aliphatic heterocycles. The Kier molecular flexibility index (Phi) is 6.58. The fourth-order valence-corrected chi connectivity index (χ4v) is 3.24. The molecule has 0 bridgehead atoms. The van der Waals surface area contributed by atoms with E-state index in [-0.39, 0.29) is 24.5 Å². The highest BCUT2D eigenvalue weighted by molar-refractivity contribution is 6.04. The first-order valence-corrected chi connectivity index (χ1v) is 9.50. The van der Waals surface area contributed by atoms with Crippen molar-refractivity contribution in [1.29, 1.82) is 0 Å². The van der Waals surface area contributed by atoms with Crippen LogP contribution in [-0.4, -0.2) is 47.3 Å². The summed E-state index contributed by atoms with van der Waals surface area (Å²) in [6, 6.07) is 14.6. The molecule has 0 aliphatic carbocycles. The van der Waals surface area contributed by atoms with Gasteiger partial charge in [-0.1, -0.05) is 42.5 Å². The zero-order valence-corrected chi connectivity index (χ0v) is 17.2. The molecular weight excluding hydrogens is 384 g/mol. The highest BCUT2D eigenvalue weighted by Crippen LogP contribution is 2.15. The van der Waals surface area contributed by atoms with Crippen molar-refractivity contribution in [2.45, 2.75) is 20.1 Å². The van der Waals surface area contributed by atoms with Crippen molar-refractivity contribution in [2.75, 3.05) is 20.7 Å². The lowest BCUT2D eigenvalue weighted by atomic mass is 10.1. The van der Waals surface area contributed by atoms with Crippen molar-refractivity contribution in [3.8, 4) is 0 Å². The van der Waals surface area contributed by atoms with Gasteiger partial charge in [0.05, 0.1) is 25.7 Å². The lowest BCUT2D eigenvalue weighted by Gasteiger charge is -2.23. The molecular formula is C22H24N4O4. The van der Waals surface area contributed by atoms with Crippen molar-refractivity contribution in [1.82, 2.24) is 20.0 Å². The molecule has 3 rings (SSSR count). The second kappa shape index (κ2) is 9.32. The number of carbonyl (C=O) groups excluding carboxylic acids is 2. The smallest absolute Gasteiger partial charge is 0.319 e. The van der Waals surface area contributed by atoms with E-state index in [0.717, 1.165) is 11.1 Å². The van der Waals surface area contributed by atoms with Crippen LogP contribution in [0.25, 0.3) is 10.8 Å². The molecule has 0 radical (unpaired) electrons. The van der Waals surface area contributed by atoms with Crippen molar-refractivity contribution in [3.05, 3.63) is 75.7 Å². The van der Waals surface area contributed by atoms with Gasteiger partial charge in [0.1, 0.15) is 0 Å². The molecule has 0 saturated heterocycles. The molecule has 0 fully saturated rings. The van der Waals surface area contributed by atoms with Crippen LogP contribution in [0.2, 0.25) is 0 Å². The number of hydrogen-bond donors (Lipinski definition) is 1. The SMILES string of the molecule is CNC(=O)c1nn(CN(CC(=O)OC)Cc2ccccc2C)c(=O)c2ccccc12. The van der Waals surface area contributed by atoms with Gasteiger partial charge in [-0.2, -0.15) is 5.10 Å². The quantitative estimate of drug-likeness (QED) is 0.598. The molecule has 0 saturated carbocycles. The first-order valence-electron chi connectivity index (χ1n) is 9.50. The number of benzene rings is 2. The maximum Gasteiger partial charge on any atom is 0.319 e. The number of aromatic nitrogens is 2. The fourth-order valence-electron chi connectivity index (χ4n) is 3.24. The van der Waals surface area contributed by atoms with Crippen LogP contribution >= 0.6 is 0 Å². The number of carbonyl (C=O) groups is 2. The van der Waals surface area contributed by atoms with Crippen LogP contribution in [0.5, 0.6) is 0 Å². The third-order valence-corrected chi connectivity index (χ3v) is 4.88. The maximum absolute atomic E-state index is 13.0. The average molecular weight is 408 g/mol. The van der Waals surface area contributed by atoms with Gasteiger partial charge in [0, 0.05) is 19.0 Å². The average Bonchev–Trinajstić information content (AvgIpc) is 2.76. The Morgan fingerprint density at radius 1 is 1.10 bits per heavy atom. The molecule has 0 unspecified atom stereocenters. The fraction of sp³-hybridized carbons (Fsp3) is 0.273. The molecule has 1 N–H and O–H groups in total. The molecule has 3 aromatic rings. The van der Waals surface area contributed by atoms with Crippen molar-refractivity contribution in [2.24, 2.45) is 0 Å². The number of amides is 1. The molecule has 156 valence electrons. The molecule has 0 aliphatic rings. The Labute approximate surface area is 174 Å². The van der Waals surface area contributed by atoms with Gasteiger partial charge in [-0.15, -0.1) is 0 Å². The predicted octanol–water partition coefficient (Wildman–Crippen LogP) is 1.70. The summed E-state index contributed by atoms with van der Waals surface area (Å²) < 4.78 is 6.03. The summed E-state index contributed by atoms with van der Waals surface area (Å²) in [5.74, 6) is -0.817. The summed E-state index contributed by atoms with van der Waals surface area (Å²) >= 11 is 0. The van der Waals surface area contributed by atoms with E-state index in [1.165, 1.54) is 18.8 Å². The zero-order valence-electron chi connectivity index (χ0n) is 17.2. The van der Waals surface area contributed by atoms with E-state index in [4.69, 9.17) is 4.74 Å². The van der Waals surface area contributed by atoms with E-state index < -0.39 is 11.9 Å². The van der Waals surface area contributed by atoms with Gasteiger partial charge in [0.25, 0.3) is 11.5 Å².